The number of ether oxygens (including phenoxy) is 2. The molecule has 2 aromatic rings. The average molecular weight is 438 g/mol. The summed E-state index contributed by atoms with van der Waals surface area (Å²) in [5.41, 5.74) is 1.21. The van der Waals surface area contributed by atoms with E-state index < -0.39 is 22.1 Å². The topological polar surface area (TPSA) is 72.9 Å². The summed E-state index contributed by atoms with van der Waals surface area (Å²) in [5.74, 6) is -0.357. The van der Waals surface area contributed by atoms with E-state index in [4.69, 9.17) is 21.1 Å². The fourth-order valence-corrected chi connectivity index (χ4v) is 4.70. The number of fused-ring (bicyclic) bond motifs is 1. The predicted molar refractivity (Wildman–Crippen MR) is 112 cm³/mol. The van der Waals surface area contributed by atoms with Gasteiger partial charge in [-0.1, -0.05) is 44.5 Å². The van der Waals surface area contributed by atoms with Gasteiger partial charge in [-0.05, 0) is 48.2 Å². The molecule has 0 saturated heterocycles. The Morgan fingerprint density at radius 3 is 2.45 bits per heavy atom. The number of carbonyl (C=O) groups excluding carboxylic acids is 1. The summed E-state index contributed by atoms with van der Waals surface area (Å²) in [6.45, 7) is 7.82. The number of sulfonamides is 1. The normalized spacial score (nSPS) is 16.7. The summed E-state index contributed by atoms with van der Waals surface area (Å²) in [6.07, 6.45) is -1.06. The van der Waals surface area contributed by atoms with E-state index in [0.29, 0.717) is 5.02 Å². The molecule has 1 atom stereocenters. The molecule has 0 bridgehead atoms. The molecular formula is C21H24ClNO5S. The summed E-state index contributed by atoms with van der Waals surface area (Å²) in [5, 5.41) is 0.366. The molecular weight excluding hydrogens is 414 g/mol. The van der Waals surface area contributed by atoms with Crippen LogP contribution in [-0.2, 0) is 25.0 Å². The SMILES string of the molecule is CCOC(=O)[C@H]1CN(S(=O)(=O)c2ccc(C(C)(C)C)cc2)c2cc(Cl)ccc2O1. The van der Waals surface area contributed by atoms with Crippen LogP contribution in [0.3, 0.4) is 0 Å². The monoisotopic (exact) mass is 437 g/mol. The van der Waals surface area contributed by atoms with Crippen molar-refractivity contribution in [3.63, 3.8) is 0 Å². The van der Waals surface area contributed by atoms with Crippen molar-refractivity contribution in [2.24, 2.45) is 0 Å². The van der Waals surface area contributed by atoms with E-state index in [1.807, 2.05) is 0 Å². The smallest absolute Gasteiger partial charge is 0.349 e. The second-order valence-corrected chi connectivity index (χ2v) is 10.1. The lowest BCUT2D eigenvalue weighted by molar-refractivity contribution is -0.151. The molecule has 1 aliphatic heterocycles. The number of benzene rings is 2. The largest absolute Gasteiger partial charge is 0.475 e. The van der Waals surface area contributed by atoms with E-state index in [-0.39, 0.29) is 34.9 Å². The van der Waals surface area contributed by atoms with Crippen molar-refractivity contribution in [3.8, 4) is 5.75 Å². The number of halogens is 1. The van der Waals surface area contributed by atoms with E-state index in [9.17, 15) is 13.2 Å². The molecule has 0 saturated carbocycles. The minimum absolute atomic E-state index is 0.101. The molecule has 0 aliphatic carbocycles. The van der Waals surface area contributed by atoms with Gasteiger partial charge in [0.1, 0.15) is 5.75 Å². The van der Waals surface area contributed by atoms with Crippen LogP contribution in [0.5, 0.6) is 5.75 Å². The molecule has 0 aromatic heterocycles. The van der Waals surface area contributed by atoms with Crippen LogP contribution in [0, 0.1) is 0 Å². The zero-order valence-electron chi connectivity index (χ0n) is 16.8. The predicted octanol–water partition coefficient (Wildman–Crippen LogP) is 4.16. The number of anilines is 1. The lowest BCUT2D eigenvalue weighted by Crippen LogP contribution is -2.47. The quantitative estimate of drug-likeness (QED) is 0.671. The molecule has 3 rings (SSSR count). The second kappa shape index (κ2) is 7.88. The van der Waals surface area contributed by atoms with Gasteiger partial charge in [0.15, 0.2) is 0 Å². The van der Waals surface area contributed by atoms with E-state index in [1.165, 1.54) is 6.07 Å². The Hall–Kier alpha value is -2.25. The first-order chi connectivity index (χ1) is 13.5. The lowest BCUT2D eigenvalue weighted by Gasteiger charge is -2.34. The minimum atomic E-state index is -3.95. The van der Waals surface area contributed by atoms with Gasteiger partial charge in [-0.15, -0.1) is 0 Å². The molecule has 2 aromatic carbocycles. The molecule has 0 N–H and O–H groups in total. The van der Waals surface area contributed by atoms with Gasteiger partial charge in [-0.25, -0.2) is 13.2 Å². The van der Waals surface area contributed by atoms with Gasteiger partial charge in [0.2, 0.25) is 6.10 Å². The highest BCUT2D eigenvalue weighted by molar-refractivity contribution is 7.92. The van der Waals surface area contributed by atoms with Crippen LogP contribution in [0.25, 0.3) is 0 Å². The molecule has 0 fully saturated rings. The van der Waals surface area contributed by atoms with E-state index in [2.05, 4.69) is 20.8 Å². The van der Waals surface area contributed by atoms with Crippen molar-refractivity contribution in [3.05, 3.63) is 53.1 Å². The molecule has 1 heterocycles. The standard InChI is InChI=1S/C21H24ClNO5S/c1-5-27-20(24)19-13-23(17-12-15(22)8-11-18(17)28-19)29(25,26)16-9-6-14(7-10-16)21(2,3)4/h6-12,19H,5,13H2,1-4H3/t19-/m1/s1. The Morgan fingerprint density at radius 2 is 1.86 bits per heavy atom. The van der Waals surface area contributed by atoms with Gasteiger partial charge in [0, 0.05) is 5.02 Å². The molecule has 0 amide bonds. The van der Waals surface area contributed by atoms with E-state index in [1.54, 1.807) is 43.3 Å². The third-order valence-electron chi connectivity index (χ3n) is 4.65. The number of esters is 1. The maximum absolute atomic E-state index is 13.4. The third kappa shape index (κ3) is 4.36. The average Bonchev–Trinajstić information content (AvgIpc) is 2.66. The van der Waals surface area contributed by atoms with Crippen molar-refractivity contribution in [1.82, 2.24) is 0 Å². The fourth-order valence-electron chi connectivity index (χ4n) is 3.06. The molecule has 0 radical (unpaired) electrons. The van der Waals surface area contributed by atoms with Gasteiger partial charge >= 0.3 is 5.97 Å². The summed E-state index contributed by atoms with van der Waals surface area (Å²) >= 11 is 6.09. The molecule has 0 unspecified atom stereocenters. The van der Waals surface area contributed by atoms with Crippen LogP contribution in [0.15, 0.2) is 47.4 Å². The Balaban J connectivity index is 2.04. The molecule has 0 spiro atoms. The number of hydrogen-bond donors (Lipinski definition) is 0. The van der Waals surface area contributed by atoms with E-state index in [0.717, 1.165) is 9.87 Å². The Labute approximate surface area is 176 Å². The maximum Gasteiger partial charge on any atom is 0.349 e. The first kappa shape index (κ1) is 21.5. The van der Waals surface area contributed by atoms with Crippen molar-refractivity contribution in [2.75, 3.05) is 17.5 Å². The third-order valence-corrected chi connectivity index (χ3v) is 6.68. The fraction of sp³-hybridized carbons (Fsp3) is 0.381. The van der Waals surface area contributed by atoms with Crippen molar-refractivity contribution < 1.29 is 22.7 Å². The zero-order valence-corrected chi connectivity index (χ0v) is 18.4. The lowest BCUT2D eigenvalue weighted by atomic mass is 9.87. The van der Waals surface area contributed by atoms with Crippen LogP contribution in [-0.4, -0.2) is 33.6 Å². The molecule has 156 valence electrons. The molecule has 1 aliphatic rings. The molecule has 29 heavy (non-hydrogen) atoms. The van der Waals surface area contributed by atoms with E-state index >= 15 is 0 Å². The second-order valence-electron chi connectivity index (χ2n) is 7.78. The highest BCUT2D eigenvalue weighted by atomic mass is 35.5. The first-order valence-corrected chi connectivity index (χ1v) is 11.1. The number of rotatable bonds is 4. The Kier molecular flexibility index (Phi) is 5.83. The van der Waals surface area contributed by atoms with Crippen molar-refractivity contribution >= 4 is 33.3 Å². The van der Waals surface area contributed by atoms with Gasteiger partial charge in [0.25, 0.3) is 10.0 Å². The summed E-state index contributed by atoms with van der Waals surface area (Å²) < 4.78 is 38.7. The molecule has 6 nitrogen and oxygen atoms in total. The van der Waals surface area contributed by atoms with Crippen LogP contribution in [0.1, 0.15) is 33.3 Å². The van der Waals surface area contributed by atoms with Crippen LogP contribution >= 0.6 is 11.6 Å². The highest BCUT2D eigenvalue weighted by Gasteiger charge is 2.38. The molecule has 8 heteroatoms. The van der Waals surface area contributed by atoms with Gasteiger partial charge in [-0.2, -0.15) is 0 Å². The van der Waals surface area contributed by atoms with Gasteiger partial charge < -0.3 is 9.47 Å². The van der Waals surface area contributed by atoms with Crippen molar-refractivity contribution in [1.29, 1.82) is 0 Å². The highest BCUT2D eigenvalue weighted by Crippen LogP contribution is 2.39. The van der Waals surface area contributed by atoms with Crippen LogP contribution in [0.2, 0.25) is 5.02 Å². The Morgan fingerprint density at radius 1 is 1.21 bits per heavy atom. The summed E-state index contributed by atoms with van der Waals surface area (Å²) in [4.78, 5) is 12.4. The number of nitrogens with zero attached hydrogens (tertiary/aromatic N) is 1. The minimum Gasteiger partial charge on any atom is -0.475 e. The maximum atomic E-state index is 13.4. The van der Waals surface area contributed by atoms with Gasteiger partial charge in [0.05, 0.1) is 23.7 Å². The number of hydrogen-bond acceptors (Lipinski definition) is 5. The van der Waals surface area contributed by atoms with Crippen molar-refractivity contribution in [2.45, 2.75) is 44.1 Å². The van der Waals surface area contributed by atoms with Gasteiger partial charge in [-0.3, -0.25) is 4.31 Å². The summed E-state index contributed by atoms with van der Waals surface area (Å²) in [6, 6.07) is 11.4. The van der Waals surface area contributed by atoms with Crippen LogP contribution < -0.4 is 9.04 Å². The first-order valence-electron chi connectivity index (χ1n) is 9.30. The number of carbonyl (C=O) groups is 1. The van der Waals surface area contributed by atoms with Crippen LogP contribution in [0.4, 0.5) is 5.69 Å². The zero-order chi connectivity index (χ0) is 21.4. The summed E-state index contributed by atoms with van der Waals surface area (Å²) in [7, 11) is -3.95. The Bertz CT molecular complexity index is 1010.